The Morgan fingerprint density at radius 3 is 2.69 bits per heavy atom. The zero-order chi connectivity index (χ0) is 9.84. The molecule has 4 heteroatoms. The van der Waals surface area contributed by atoms with Crippen molar-refractivity contribution in [3.8, 4) is 17.2 Å². The second-order valence-corrected chi connectivity index (χ2v) is 3.21. The number of phenolic OH excluding ortho intramolecular Hbond substituents is 1. The lowest BCUT2D eigenvalue weighted by molar-refractivity contribution is 0.292. The Labute approximate surface area is 85.4 Å². The van der Waals surface area contributed by atoms with E-state index in [1.165, 1.54) is 7.11 Å². The summed E-state index contributed by atoms with van der Waals surface area (Å²) in [7, 11) is 1.53. The van der Waals surface area contributed by atoms with Crippen LogP contribution < -0.4 is 9.47 Å². The van der Waals surface area contributed by atoms with Gasteiger partial charge in [-0.05, 0) is 35.0 Å². The molecule has 0 amide bonds. The van der Waals surface area contributed by atoms with Crippen molar-refractivity contribution >= 4 is 15.9 Å². The summed E-state index contributed by atoms with van der Waals surface area (Å²) in [6, 6.07) is 3.44. The fourth-order valence-corrected chi connectivity index (χ4v) is 1.29. The van der Waals surface area contributed by atoms with Gasteiger partial charge in [0.05, 0.1) is 18.2 Å². The van der Waals surface area contributed by atoms with Crippen molar-refractivity contribution in [1.29, 1.82) is 0 Å². The summed E-state index contributed by atoms with van der Waals surface area (Å²) in [5.74, 6) is 0.975. The molecular formula is C9H11BrO3. The highest BCUT2D eigenvalue weighted by atomic mass is 79.9. The molecule has 0 aliphatic rings. The first-order valence-corrected chi connectivity index (χ1v) is 4.68. The second-order valence-electron chi connectivity index (χ2n) is 2.36. The van der Waals surface area contributed by atoms with Crippen LogP contribution in [-0.4, -0.2) is 18.8 Å². The summed E-state index contributed by atoms with van der Waals surface area (Å²) in [6.45, 7) is 2.33. The number of hydrogen-bond donors (Lipinski definition) is 1. The predicted octanol–water partition coefficient (Wildman–Crippen LogP) is 2.56. The van der Waals surface area contributed by atoms with Crippen molar-refractivity contribution in [2.45, 2.75) is 6.92 Å². The van der Waals surface area contributed by atoms with Crippen molar-refractivity contribution in [2.24, 2.45) is 0 Å². The molecule has 0 fully saturated rings. The van der Waals surface area contributed by atoms with E-state index >= 15 is 0 Å². The molecule has 0 spiro atoms. The number of rotatable bonds is 3. The van der Waals surface area contributed by atoms with Gasteiger partial charge >= 0.3 is 0 Å². The Morgan fingerprint density at radius 2 is 2.15 bits per heavy atom. The van der Waals surface area contributed by atoms with Crippen molar-refractivity contribution in [3.05, 3.63) is 16.6 Å². The topological polar surface area (TPSA) is 38.7 Å². The Bertz CT molecular complexity index is 299. The molecule has 1 rings (SSSR count). The van der Waals surface area contributed by atoms with E-state index in [1.807, 2.05) is 6.92 Å². The van der Waals surface area contributed by atoms with Crippen LogP contribution in [0.5, 0.6) is 17.2 Å². The lowest BCUT2D eigenvalue weighted by Gasteiger charge is -2.11. The van der Waals surface area contributed by atoms with E-state index in [0.29, 0.717) is 22.6 Å². The van der Waals surface area contributed by atoms with Crippen LogP contribution in [0, 0.1) is 0 Å². The highest BCUT2D eigenvalue weighted by Crippen LogP contribution is 2.41. The normalized spacial score (nSPS) is 9.77. The average molecular weight is 247 g/mol. The van der Waals surface area contributed by atoms with Crippen LogP contribution in [0.2, 0.25) is 0 Å². The van der Waals surface area contributed by atoms with Crippen LogP contribution in [0.4, 0.5) is 0 Å². The fraction of sp³-hybridized carbons (Fsp3) is 0.333. The third-order valence-corrected chi connectivity index (χ3v) is 2.19. The molecule has 0 unspecified atom stereocenters. The molecule has 0 heterocycles. The van der Waals surface area contributed by atoms with Gasteiger partial charge in [-0.25, -0.2) is 0 Å². The quantitative estimate of drug-likeness (QED) is 0.892. The van der Waals surface area contributed by atoms with Crippen LogP contribution in [0.25, 0.3) is 0 Å². The summed E-state index contributed by atoms with van der Waals surface area (Å²) in [6.07, 6.45) is 0. The predicted molar refractivity (Wildman–Crippen MR) is 53.5 cm³/mol. The van der Waals surface area contributed by atoms with E-state index in [2.05, 4.69) is 15.9 Å². The molecule has 0 radical (unpaired) electrons. The van der Waals surface area contributed by atoms with Crippen LogP contribution in [-0.2, 0) is 0 Å². The molecule has 0 bridgehead atoms. The first-order valence-electron chi connectivity index (χ1n) is 3.89. The molecule has 72 valence electrons. The second kappa shape index (κ2) is 4.37. The summed E-state index contributed by atoms with van der Waals surface area (Å²) in [4.78, 5) is 0. The largest absolute Gasteiger partial charge is 0.503 e. The first kappa shape index (κ1) is 10.2. The summed E-state index contributed by atoms with van der Waals surface area (Å²) in [5, 5.41) is 9.59. The van der Waals surface area contributed by atoms with Gasteiger partial charge in [0, 0.05) is 0 Å². The number of hydrogen-bond acceptors (Lipinski definition) is 3. The zero-order valence-corrected chi connectivity index (χ0v) is 9.09. The van der Waals surface area contributed by atoms with Crippen LogP contribution >= 0.6 is 15.9 Å². The van der Waals surface area contributed by atoms with Crippen LogP contribution in [0.3, 0.4) is 0 Å². The van der Waals surface area contributed by atoms with E-state index in [0.717, 1.165) is 0 Å². The minimum Gasteiger partial charge on any atom is -0.503 e. The van der Waals surface area contributed by atoms with E-state index in [9.17, 15) is 5.11 Å². The Kier molecular flexibility index (Phi) is 3.42. The van der Waals surface area contributed by atoms with Gasteiger partial charge in [0.25, 0.3) is 0 Å². The Balaban J connectivity index is 3.15. The number of halogens is 1. The Morgan fingerprint density at radius 1 is 1.46 bits per heavy atom. The van der Waals surface area contributed by atoms with Gasteiger partial charge in [-0.3, -0.25) is 0 Å². The highest BCUT2D eigenvalue weighted by molar-refractivity contribution is 9.10. The smallest absolute Gasteiger partial charge is 0.204 e. The van der Waals surface area contributed by atoms with E-state index in [4.69, 9.17) is 9.47 Å². The molecule has 3 nitrogen and oxygen atoms in total. The molecule has 1 N–H and O–H groups in total. The van der Waals surface area contributed by atoms with Crippen LogP contribution in [0.1, 0.15) is 6.92 Å². The minimum absolute atomic E-state index is 0.0706. The molecule has 0 saturated heterocycles. The number of benzene rings is 1. The molecule has 0 aliphatic carbocycles. The summed E-state index contributed by atoms with van der Waals surface area (Å²) in [5.41, 5.74) is 0. The number of aromatic hydroxyl groups is 1. The maximum atomic E-state index is 9.59. The van der Waals surface area contributed by atoms with Crippen molar-refractivity contribution < 1.29 is 14.6 Å². The zero-order valence-electron chi connectivity index (χ0n) is 7.50. The number of phenols is 1. The Hall–Kier alpha value is -0.900. The van der Waals surface area contributed by atoms with Gasteiger partial charge in [-0.2, -0.15) is 0 Å². The minimum atomic E-state index is 0.0706. The van der Waals surface area contributed by atoms with Gasteiger partial charge in [-0.1, -0.05) is 0 Å². The maximum Gasteiger partial charge on any atom is 0.204 e. The molecule has 0 aromatic heterocycles. The third-order valence-electron chi connectivity index (χ3n) is 1.55. The highest BCUT2D eigenvalue weighted by Gasteiger charge is 2.12. The van der Waals surface area contributed by atoms with Gasteiger partial charge < -0.3 is 14.6 Å². The lowest BCUT2D eigenvalue weighted by atomic mass is 10.3. The average Bonchev–Trinajstić information content (AvgIpc) is 2.14. The molecule has 0 saturated carbocycles. The monoisotopic (exact) mass is 246 g/mol. The molecule has 0 aliphatic heterocycles. The van der Waals surface area contributed by atoms with Gasteiger partial charge in [-0.15, -0.1) is 0 Å². The molecule has 0 atom stereocenters. The molecule has 1 aromatic carbocycles. The van der Waals surface area contributed by atoms with E-state index in [1.54, 1.807) is 12.1 Å². The number of ether oxygens (including phenoxy) is 2. The SMILES string of the molecule is CCOc1c(OC)ccc(Br)c1O. The summed E-state index contributed by atoms with van der Waals surface area (Å²) >= 11 is 3.19. The lowest BCUT2D eigenvalue weighted by Crippen LogP contribution is -1.95. The third kappa shape index (κ3) is 2.06. The van der Waals surface area contributed by atoms with Crippen molar-refractivity contribution in [1.82, 2.24) is 0 Å². The van der Waals surface area contributed by atoms with Gasteiger partial charge in [0.15, 0.2) is 11.5 Å². The maximum absolute atomic E-state index is 9.59. The molecule has 1 aromatic rings. The first-order chi connectivity index (χ1) is 6.20. The van der Waals surface area contributed by atoms with E-state index < -0.39 is 0 Å². The standard InChI is InChI=1S/C9H11BrO3/c1-3-13-9-7(12-2)5-4-6(10)8(9)11/h4-5,11H,3H2,1-2H3. The van der Waals surface area contributed by atoms with E-state index in [-0.39, 0.29) is 5.75 Å². The molecule has 13 heavy (non-hydrogen) atoms. The van der Waals surface area contributed by atoms with Gasteiger partial charge in [0.1, 0.15) is 0 Å². The number of methoxy groups -OCH3 is 1. The summed E-state index contributed by atoms with van der Waals surface area (Å²) < 4.78 is 10.9. The van der Waals surface area contributed by atoms with Crippen molar-refractivity contribution in [2.75, 3.05) is 13.7 Å². The van der Waals surface area contributed by atoms with Crippen molar-refractivity contribution in [3.63, 3.8) is 0 Å². The van der Waals surface area contributed by atoms with Crippen LogP contribution in [0.15, 0.2) is 16.6 Å². The van der Waals surface area contributed by atoms with Gasteiger partial charge in [0.2, 0.25) is 5.75 Å². The fourth-order valence-electron chi connectivity index (χ4n) is 0.973. The molecular weight excluding hydrogens is 236 g/mol.